The van der Waals surface area contributed by atoms with E-state index in [1.165, 1.54) is 12.1 Å². The molecule has 0 aliphatic carbocycles. The van der Waals surface area contributed by atoms with Crippen LogP contribution in [0.25, 0.3) is 0 Å². The van der Waals surface area contributed by atoms with E-state index in [0.717, 1.165) is 5.56 Å². The molecule has 2 aromatic carbocycles. The van der Waals surface area contributed by atoms with Crippen LogP contribution in [0.5, 0.6) is 0 Å². The summed E-state index contributed by atoms with van der Waals surface area (Å²) in [4.78, 5) is 12.1. The van der Waals surface area contributed by atoms with Gasteiger partial charge < -0.3 is 11.1 Å². The second-order valence-corrected chi connectivity index (χ2v) is 5.35. The number of rotatable bonds is 3. The molecule has 20 heavy (non-hydrogen) atoms. The van der Waals surface area contributed by atoms with Crippen LogP contribution in [-0.2, 0) is 0 Å². The van der Waals surface area contributed by atoms with E-state index in [2.05, 4.69) is 21.2 Å². The fourth-order valence-corrected chi connectivity index (χ4v) is 2.08. The highest BCUT2D eigenvalue weighted by Gasteiger charge is 2.13. The summed E-state index contributed by atoms with van der Waals surface area (Å²) < 4.78 is 13.7. The van der Waals surface area contributed by atoms with Gasteiger partial charge in [0.05, 0.1) is 10.5 Å². The molecule has 2 rings (SSSR count). The van der Waals surface area contributed by atoms with Crippen molar-refractivity contribution in [2.24, 2.45) is 0 Å². The van der Waals surface area contributed by atoms with Gasteiger partial charge in [-0.1, -0.05) is 12.1 Å². The number of nitrogens with two attached hydrogens (primary N) is 1. The van der Waals surface area contributed by atoms with E-state index in [1.54, 1.807) is 18.2 Å². The zero-order chi connectivity index (χ0) is 14.7. The lowest BCUT2D eigenvalue weighted by molar-refractivity contribution is 0.0939. The summed E-state index contributed by atoms with van der Waals surface area (Å²) in [5.74, 6) is -0.791. The average Bonchev–Trinajstić information content (AvgIpc) is 2.41. The summed E-state index contributed by atoms with van der Waals surface area (Å²) in [7, 11) is 0. The van der Waals surface area contributed by atoms with Crippen LogP contribution in [0.15, 0.2) is 46.9 Å². The van der Waals surface area contributed by atoms with E-state index in [1.807, 2.05) is 19.1 Å². The monoisotopic (exact) mass is 336 g/mol. The number of carbonyl (C=O) groups excluding carboxylic acids is 1. The lowest BCUT2D eigenvalue weighted by atomic mass is 10.1. The third kappa shape index (κ3) is 3.36. The Labute approximate surface area is 125 Å². The molecule has 0 radical (unpaired) electrons. The van der Waals surface area contributed by atoms with Crippen LogP contribution in [0.1, 0.15) is 28.9 Å². The van der Waals surface area contributed by atoms with E-state index in [0.29, 0.717) is 10.2 Å². The molecule has 1 amide bonds. The molecule has 0 heterocycles. The van der Waals surface area contributed by atoms with E-state index in [-0.39, 0.29) is 17.5 Å². The topological polar surface area (TPSA) is 55.1 Å². The SMILES string of the molecule is CC(NC(=O)c1ccc(Br)c(F)c1)c1cccc(N)c1. The Kier molecular flexibility index (Phi) is 4.39. The molecule has 0 spiro atoms. The summed E-state index contributed by atoms with van der Waals surface area (Å²) in [6.45, 7) is 1.85. The molecular weight excluding hydrogens is 323 g/mol. The van der Waals surface area contributed by atoms with Crippen LogP contribution in [0.2, 0.25) is 0 Å². The normalized spacial score (nSPS) is 11.9. The number of carbonyl (C=O) groups is 1. The second kappa shape index (κ2) is 6.05. The molecule has 1 atom stereocenters. The smallest absolute Gasteiger partial charge is 0.251 e. The first-order valence-corrected chi connectivity index (χ1v) is 6.88. The number of benzene rings is 2. The predicted octanol–water partition coefficient (Wildman–Crippen LogP) is 3.66. The van der Waals surface area contributed by atoms with Gasteiger partial charge in [0.1, 0.15) is 5.82 Å². The maximum atomic E-state index is 13.4. The largest absolute Gasteiger partial charge is 0.399 e. The van der Waals surface area contributed by atoms with Gasteiger partial charge in [0, 0.05) is 11.3 Å². The Bertz CT molecular complexity index is 646. The van der Waals surface area contributed by atoms with E-state index in [9.17, 15) is 9.18 Å². The van der Waals surface area contributed by atoms with Gasteiger partial charge in [0.25, 0.3) is 5.91 Å². The lowest BCUT2D eigenvalue weighted by Crippen LogP contribution is -2.26. The number of anilines is 1. The van der Waals surface area contributed by atoms with Crippen LogP contribution in [0.4, 0.5) is 10.1 Å². The zero-order valence-corrected chi connectivity index (χ0v) is 12.4. The van der Waals surface area contributed by atoms with Crippen molar-refractivity contribution in [1.82, 2.24) is 5.32 Å². The van der Waals surface area contributed by atoms with Crippen molar-refractivity contribution in [2.45, 2.75) is 13.0 Å². The summed E-state index contributed by atoms with van der Waals surface area (Å²) in [6.07, 6.45) is 0. The van der Waals surface area contributed by atoms with Gasteiger partial charge in [-0.25, -0.2) is 4.39 Å². The predicted molar refractivity (Wildman–Crippen MR) is 80.8 cm³/mol. The molecule has 2 aromatic rings. The highest BCUT2D eigenvalue weighted by molar-refractivity contribution is 9.10. The third-order valence-corrected chi connectivity index (χ3v) is 3.58. The summed E-state index contributed by atoms with van der Waals surface area (Å²) in [5, 5.41) is 2.81. The quantitative estimate of drug-likeness (QED) is 0.840. The fraction of sp³-hybridized carbons (Fsp3) is 0.133. The Morgan fingerprint density at radius 3 is 2.70 bits per heavy atom. The summed E-state index contributed by atoms with van der Waals surface area (Å²) >= 11 is 3.05. The Morgan fingerprint density at radius 2 is 2.05 bits per heavy atom. The van der Waals surface area contributed by atoms with Crippen molar-refractivity contribution in [1.29, 1.82) is 0 Å². The molecule has 3 nitrogen and oxygen atoms in total. The van der Waals surface area contributed by atoms with Crippen LogP contribution >= 0.6 is 15.9 Å². The Morgan fingerprint density at radius 1 is 1.30 bits per heavy atom. The Hall–Kier alpha value is -1.88. The van der Waals surface area contributed by atoms with Crippen molar-refractivity contribution in [3.63, 3.8) is 0 Å². The van der Waals surface area contributed by atoms with Gasteiger partial charge in [-0.2, -0.15) is 0 Å². The van der Waals surface area contributed by atoms with E-state index < -0.39 is 5.82 Å². The molecule has 104 valence electrons. The first-order valence-electron chi connectivity index (χ1n) is 6.08. The van der Waals surface area contributed by atoms with E-state index >= 15 is 0 Å². The van der Waals surface area contributed by atoms with E-state index in [4.69, 9.17) is 5.73 Å². The molecule has 1 unspecified atom stereocenters. The zero-order valence-electron chi connectivity index (χ0n) is 10.9. The van der Waals surface area contributed by atoms with Gasteiger partial charge in [-0.3, -0.25) is 4.79 Å². The van der Waals surface area contributed by atoms with Crippen molar-refractivity contribution in [2.75, 3.05) is 5.73 Å². The van der Waals surface area contributed by atoms with Gasteiger partial charge >= 0.3 is 0 Å². The standard InChI is InChI=1S/C15H14BrFN2O/c1-9(10-3-2-4-12(18)7-10)19-15(20)11-5-6-13(16)14(17)8-11/h2-9H,18H2,1H3,(H,19,20). The number of nitrogen functional groups attached to an aromatic ring is 1. The van der Waals surface area contributed by atoms with Crippen LogP contribution in [-0.4, -0.2) is 5.91 Å². The minimum atomic E-state index is -0.464. The number of hydrogen-bond donors (Lipinski definition) is 2. The molecule has 0 aromatic heterocycles. The highest BCUT2D eigenvalue weighted by Crippen LogP contribution is 2.18. The molecule has 0 saturated carbocycles. The van der Waals surface area contributed by atoms with Crippen LogP contribution in [0, 0.1) is 5.82 Å². The summed E-state index contributed by atoms with van der Waals surface area (Å²) in [5.41, 5.74) is 7.52. The maximum Gasteiger partial charge on any atom is 0.251 e. The number of amides is 1. The molecule has 3 N–H and O–H groups in total. The third-order valence-electron chi connectivity index (χ3n) is 2.94. The second-order valence-electron chi connectivity index (χ2n) is 4.49. The van der Waals surface area contributed by atoms with Crippen LogP contribution in [0.3, 0.4) is 0 Å². The maximum absolute atomic E-state index is 13.4. The average molecular weight is 337 g/mol. The number of nitrogens with one attached hydrogen (secondary N) is 1. The van der Waals surface area contributed by atoms with Gasteiger partial charge in [-0.05, 0) is 58.7 Å². The van der Waals surface area contributed by atoms with Gasteiger partial charge in [0.15, 0.2) is 0 Å². The number of hydrogen-bond acceptors (Lipinski definition) is 2. The minimum Gasteiger partial charge on any atom is -0.399 e. The molecule has 0 bridgehead atoms. The molecule has 5 heteroatoms. The fourth-order valence-electron chi connectivity index (χ4n) is 1.83. The van der Waals surface area contributed by atoms with Crippen LogP contribution < -0.4 is 11.1 Å². The van der Waals surface area contributed by atoms with Crippen molar-refractivity contribution in [3.05, 3.63) is 63.9 Å². The molecule has 0 aliphatic rings. The lowest BCUT2D eigenvalue weighted by Gasteiger charge is -2.15. The first-order chi connectivity index (χ1) is 9.47. The Balaban J connectivity index is 2.13. The highest BCUT2D eigenvalue weighted by atomic mass is 79.9. The molecular formula is C15H14BrFN2O. The van der Waals surface area contributed by atoms with Crippen molar-refractivity contribution < 1.29 is 9.18 Å². The first kappa shape index (κ1) is 14.5. The van der Waals surface area contributed by atoms with Crippen molar-refractivity contribution in [3.8, 4) is 0 Å². The van der Waals surface area contributed by atoms with Gasteiger partial charge in [0.2, 0.25) is 0 Å². The number of halogens is 2. The van der Waals surface area contributed by atoms with Crippen molar-refractivity contribution >= 4 is 27.5 Å². The minimum absolute atomic E-state index is 0.210. The summed E-state index contributed by atoms with van der Waals surface area (Å²) in [6, 6.07) is 11.3. The molecule has 0 saturated heterocycles. The molecule has 0 fully saturated rings. The van der Waals surface area contributed by atoms with Gasteiger partial charge in [-0.15, -0.1) is 0 Å². The molecule has 0 aliphatic heterocycles.